The van der Waals surface area contributed by atoms with Gasteiger partial charge in [0.25, 0.3) is 0 Å². The Morgan fingerprint density at radius 2 is 2.12 bits per heavy atom. The lowest BCUT2D eigenvalue weighted by atomic mass is 9.89. The van der Waals surface area contributed by atoms with E-state index in [-0.39, 0.29) is 11.8 Å². The molecule has 86 valence electrons. The summed E-state index contributed by atoms with van der Waals surface area (Å²) in [6, 6.07) is 5.87. The van der Waals surface area contributed by atoms with Crippen LogP contribution in [0, 0.1) is 5.92 Å². The van der Waals surface area contributed by atoms with Crippen LogP contribution in [0.3, 0.4) is 0 Å². The van der Waals surface area contributed by atoms with Crippen LogP contribution >= 0.6 is 31.9 Å². The van der Waals surface area contributed by atoms with Crippen LogP contribution in [0.2, 0.25) is 0 Å². The number of aliphatic carboxylic acids is 1. The van der Waals surface area contributed by atoms with Crippen molar-refractivity contribution in [3.8, 4) is 0 Å². The van der Waals surface area contributed by atoms with E-state index in [1.165, 1.54) is 0 Å². The minimum absolute atomic E-state index is 0.0416. The zero-order valence-corrected chi connectivity index (χ0v) is 11.6. The first-order valence-electron chi connectivity index (χ1n) is 4.98. The van der Waals surface area contributed by atoms with Gasteiger partial charge in [-0.3, -0.25) is 4.79 Å². The van der Waals surface area contributed by atoms with Gasteiger partial charge < -0.3 is 10.4 Å². The number of carboxylic acids is 1. The number of nitrogens with one attached hydrogen (secondary N) is 1. The number of hydrogen-bond acceptors (Lipinski definition) is 2. The Kier molecular flexibility index (Phi) is 3.66. The Bertz CT molecular complexity index is 422. The Morgan fingerprint density at radius 1 is 1.38 bits per heavy atom. The maximum absolute atomic E-state index is 11.1. The van der Waals surface area contributed by atoms with Gasteiger partial charge in [-0.15, -0.1) is 0 Å². The van der Waals surface area contributed by atoms with E-state index in [1.807, 2.05) is 18.2 Å². The molecule has 0 saturated carbocycles. The second kappa shape index (κ2) is 4.85. The predicted octanol–water partition coefficient (Wildman–Crippen LogP) is 2.60. The minimum atomic E-state index is -0.732. The minimum Gasteiger partial charge on any atom is -0.481 e. The molecule has 0 bridgehead atoms. The summed E-state index contributed by atoms with van der Waals surface area (Å²) in [4.78, 5) is 11.1. The van der Waals surface area contributed by atoms with Crippen LogP contribution in [0.15, 0.2) is 27.1 Å². The van der Waals surface area contributed by atoms with E-state index in [2.05, 4.69) is 37.2 Å². The van der Waals surface area contributed by atoms with E-state index in [0.29, 0.717) is 6.54 Å². The van der Waals surface area contributed by atoms with Gasteiger partial charge in [-0.05, 0) is 17.7 Å². The molecule has 0 aromatic heterocycles. The van der Waals surface area contributed by atoms with E-state index < -0.39 is 5.97 Å². The van der Waals surface area contributed by atoms with E-state index in [1.54, 1.807) is 0 Å². The molecule has 1 aliphatic rings. The van der Waals surface area contributed by atoms with Gasteiger partial charge in [0.1, 0.15) is 0 Å². The second-order valence-electron chi connectivity index (χ2n) is 3.88. The highest BCUT2D eigenvalue weighted by molar-refractivity contribution is 9.11. The Labute approximate surface area is 110 Å². The molecule has 2 rings (SSSR count). The van der Waals surface area contributed by atoms with Crippen molar-refractivity contribution in [3.63, 3.8) is 0 Å². The van der Waals surface area contributed by atoms with Gasteiger partial charge in [0.2, 0.25) is 0 Å². The van der Waals surface area contributed by atoms with Crippen LogP contribution in [0.5, 0.6) is 0 Å². The summed E-state index contributed by atoms with van der Waals surface area (Å²) in [5, 5.41) is 12.3. The summed E-state index contributed by atoms with van der Waals surface area (Å²) >= 11 is 6.87. The number of hydrogen-bond donors (Lipinski definition) is 2. The van der Waals surface area contributed by atoms with E-state index in [9.17, 15) is 4.79 Å². The molecule has 2 unspecified atom stereocenters. The summed E-state index contributed by atoms with van der Waals surface area (Å²) in [6.45, 7) is 1.26. The molecule has 1 heterocycles. The van der Waals surface area contributed by atoms with Crippen molar-refractivity contribution in [3.05, 3.63) is 32.7 Å². The van der Waals surface area contributed by atoms with Gasteiger partial charge in [0.05, 0.1) is 5.92 Å². The fourth-order valence-electron chi connectivity index (χ4n) is 2.07. The molecule has 1 fully saturated rings. The average Bonchev–Trinajstić information content (AvgIpc) is 2.66. The molecule has 0 aliphatic carbocycles. The summed E-state index contributed by atoms with van der Waals surface area (Å²) in [7, 11) is 0. The molecule has 1 aromatic rings. The van der Waals surface area contributed by atoms with Crippen LogP contribution in [0.1, 0.15) is 11.5 Å². The molecule has 3 nitrogen and oxygen atoms in total. The fraction of sp³-hybridized carbons (Fsp3) is 0.364. The third kappa shape index (κ3) is 2.31. The molecule has 5 heteroatoms. The largest absolute Gasteiger partial charge is 0.481 e. The van der Waals surface area contributed by atoms with E-state index >= 15 is 0 Å². The predicted molar refractivity (Wildman–Crippen MR) is 68.6 cm³/mol. The molecular formula is C11H11Br2NO2. The third-order valence-electron chi connectivity index (χ3n) is 2.89. The number of benzene rings is 1. The zero-order chi connectivity index (χ0) is 11.7. The topological polar surface area (TPSA) is 49.3 Å². The van der Waals surface area contributed by atoms with E-state index in [0.717, 1.165) is 21.1 Å². The molecular weight excluding hydrogens is 338 g/mol. The lowest BCUT2D eigenvalue weighted by molar-refractivity contribution is -0.141. The van der Waals surface area contributed by atoms with Gasteiger partial charge >= 0.3 is 5.97 Å². The van der Waals surface area contributed by atoms with Crippen molar-refractivity contribution in [2.45, 2.75) is 5.92 Å². The van der Waals surface area contributed by atoms with Crippen molar-refractivity contribution in [1.29, 1.82) is 0 Å². The number of halogens is 2. The van der Waals surface area contributed by atoms with Crippen LogP contribution in [-0.2, 0) is 4.79 Å². The van der Waals surface area contributed by atoms with Crippen LogP contribution < -0.4 is 5.32 Å². The first-order chi connectivity index (χ1) is 7.59. The van der Waals surface area contributed by atoms with Crippen molar-refractivity contribution in [2.24, 2.45) is 5.92 Å². The number of rotatable bonds is 2. The summed E-state index contributed by atoms with van der Waals surface area (Å²) in [5.41, 5.74) is 1.06. The monoisotopic (exact) mass is 347 g/mol. The zero-order valence-electron chi connectivity index (χ0n) is 8.41. The Hall–Kier alpha value is -0.390. The molecule has 16 heavy (non-hydrogen) atoms. The van der Waals surface area contributed by atoms with Crippen LogP contribution in [0.25, 0.3) is 0 Å². The van der Waals surface area contributed by atoms with Gasteiger partial charge in [0.15, 0.2) is 0 Å². The average molecular weight is 349 g/mol. The quantitative estimate of drug-likeness (QED) is 0.863. The smallest absolute Gasteiger partial charge is 0.308 e. The normalized spacial score (nSPS) is 24.6. The maximum Gasteiger partial charge on any atom is 0.308 e. The van der Waals surface area contributed by atoms with E-state index in [4.69, 9.17) is 5.11 Å². The van der Waals surface area contributed by atoms with Crippen molar-refractivity contribution >= 4 is 37.8 Å². The summed E-state index contributed by atoms with van der Waals surface area (Å²) in [6.07, 6.45) is 0. The van der Waals surface area contributed by atoms with Crippen molar-refractivity contribution in [1.82, 2.24) is 5.32 Å². The van der Waals surface area contributed by atoms with Gasteiger partial charge in [-0.1, -0.05) is 37.9 Å². The molecule has 0 amide bonds. The SMILES string of the molecule is O=C(O)C1CNCC1c1ccc(Br)cc1Br. The molecule has 0 radical (unpaired) electrons. The highest BCUT2D eigenvalue weighted by Crippen LogP contribution is 2.34. The van der Waals surface area contributed by atoms with Gasteiger partial charge in [-0.25, -0.2) is 0 Å². The van der Waals surface area contributed by atoms with Crippen molar-refractivity contribution < 1.29 is 9.90 Å². The Balaban J connectivity index is 2.32. The van der Waals surface area contributed by atoms with Gasteiger partial charge in [0, 0.05) is 28.0 Å². The Morgan fingerprint density at radius 3 is 2.75 bits per heavy atom. The molecule has 0 spiro atoms. The van der Waals surface area contributed by atoms with Gasteiger partial charge in [-0.2, -0.15) is 0 Å². The number of carboxylic acid groups (broad SMARTS) is 1. The molecule has 1 aromatic carbocycles. The lowest BCUT2D eigenvalue weighted by Gasteiger charge is -2.16. The first-order valence-corrected chi connectivity index (χ1v) is 6.56. The summed E-state index contributed by atoms with van der Waals surface area (Å²) < 4.78 is 1.95. The fourth-order valence-corrected chi connectivity index (χ4v) is 3.41. The highest BCUT2D eigenvalue weighted by Gasteiger charge is 2.34. The molecule has 2 N–H and O–H groups in total. The molecule has 1 aliphatic heterocycles. The first kappa shape index (κ1) is 12.1. The van der Waals surface area contributed by atoms with Crippen LogP contribution in [-0.4, -0.2) is 24.2 Å². The molecule has 2 atom stereocenters. The highest BCUT2D eigenvalue weighted by atomic mass is 79.9. The lowest BCUT2D eigenvalue weighted by Crippen LogP contribution is -2.21. The maximum atomic E-state index is 11.1. The standard InChI is InChI=1S/C11H11Br2NO2/c12-6-1-2-7(10(13)3-6)8-4-14-5-9(8)11(15)16/h1-3,8-9,14H,4-5H2,(H,15,16). The third-order valence-corrected chi connectivity index (χ3v) is 4.07. The second-order valence-corrected chi connectivity index (χ2v) is 5.65. The summed E-state index contributed by atoms with van der Waals surface area (Å²) in [5.74, 6) is -1.03. The van der Waals surface area contributed by atoms with Crippen LogP contribution in [0.4, 0.5) is 0 Å². The number of carbonyl (C=O) groups is 1. The van der Waals surface area contributed by atoms with Crippen molar-refractivity contribution in [2.75, 3.05) is 13.1 Å². The molecule has 1 saturated heterocycles.